The highest BCUT2D eigenvalue weighted by molar-refractivity contribution is 6.31. The summed E-state index contributed by atoms with van der Waals surface area (Å²) < 4.78 is 14.2. The van der Waals surface area contributed by atoms with Crippen LogP contribution in [-0.2, 0) is 0 Å². The third-order valence-corrected chi connectivity index (χ3v) is 4.64. The fourth-order valence-electron chi connectivity index (χ4n) is 2.98. The Morgan fingerprint density at radius 1 is 1.14 bits per heavy atom. The van der Waals surface area contributed by atoms with Crippen molar-refractivity contribution >= 4 is 11.6 Å². The molecule has 110 valence electrons. The zero-order valence-corrected chi connectivity index (χ0v) is 12.4. The Morgan fingerprint density at radius 3 is 2.52 bits per heavy atom. The van der Waals surface area contributed by atoms with Gasteiger partial charge in [0.05, 0.1) is 6.04 Å². The minimum Gasteiger partial charge on any atom is -0.271 e. The third-order valence-electron chi connectivity index (χ3n) is 4.31. The first kappa shape index (κ1) is 14.5. The van der Waals surface area contributed by atoms with Gasteiger partial charge in [-0.05, 0) is 42.0 Å². The maximum atomic E-state index is 14.2. The maximum Gasteiger partial charge on any atom is 0.129 e. The highest BCUT2D eigenvalue weighted by atomic mass is 35.5. The van der Waals surface area contributed by atoms with Gasteiger partial charge >= 0.3 is 0 Å². The summed E-state index contributed by atoms with van der Waals surface area (Å²) in [4.78, 5) is 0. The van der Waals surface area contributed by atoms with Gasteiger partial charge < -0.3 is 0 Å². The lowest BCUT2D eigenvalue weighted by Gasteiger charge is -2.30. The van der Waals surface area contributed by atoms with Gasteiger partial charge in [-0.1, -0.05) is 48.4 Å². The second-order valence-electron chi connectivity index (χ2n) is 5.49. The van der Waals surface area contributed by atoms with Crippen molar-refractivity contribution in [1.29, 1.82) is 0 Å². The average Bonchev–Trinajstić information content (AvgIpc) is 2.42. The Labute approximate surface area is 129 Å². The molecule has 0 saturated heterocycles. The predicted molar refractivity (Wildman–Crippen MR) is 83.6 cm³/mol. The number of hydrogen-bond donors (Lipinski definition) is 2. The largest absolute Gasteiger partial charge is 0.271 e. The topological polar surface area (TPSA) is 38.0 Å². The number of rotatable bonds is 4. The Hall–Kier alpha value is -1.42. The van der Waals surface area contributed by atoms with Gasteiger partial charge in [-0.3, -0.25) is 5.84 Å². The number of halogens is 2. The van der Waals surface area contributed by atoms with Crippen LogP contribution >= 0.6 is 11.6 Å². The maximum absolute atomic E-state index is 14.2. The van der Waals surface area contributed by atoms with E-state index >= 15 is 0 Å². The van der Waals surface area contributed by atoms with Crippen LogP contribution in [0.1, 0.15) is 47.9 Å². The smallest absolute Gasteiger partial charge is 0.129 e. The molecule has 1 fully saturated rings. The van der Waals surface area contributed by atoms with Crippen molar-refractivity contribution in [2.45, 2.75) is 31.2 Å². The van der Waals surface area contributed by atoms with E-state index in [0.29, 0.717) is 16.5 Å². The highest BCUT2D eigenvalue weighted by Crippen LogP contribution is 2.41. The van der Waals surface area contributed by atoms with Crippen LogP contribution in [0.15, 0.2) is 42.5 Å². The SMILES string of the molecule is NNC(c1ccccc1C1CCC1)c1c(F)cccc1Cl. The number of hydrogen-bond acceptors (Lipinski definition) is 2. The molecule has 0 spiro atoms. The normalized spacial score (nSPS) is 16.5. The van der Waals surface area contributed by atoms with Gasteiger partial charge in [0, 0.05) is 10.6 Å². The summed E-state index contributed by atoms with van der Waals surface area (Å²) in [5, 5.41) is 0.390. The van der Waals surface area contributed by atoms with E-state index < -0.39 is 6.04 Å². The van der Waals surface area contributed by atoms with Crippen LogP contribution in [-0.4, -0.2) is 0 Å². The second-order valence-corrected chi connectivity index (χ2v) is 5.90. The van der Waals surface area contributed by atoms with Crippen molar-refractivity contribution in [1.82, 2.24) is 5.43 Å². The van der Waals surface area contributed by atoms with E-state index in [1.165, 1.54) is 30.9 Å². The van der Waals surface area contributed by atoms with Crippen LogP contribution in [0, 0.1) is 5.82 Å². The zero-order chi connectivity index (χ0) is 14.8. The molecular formula is C17H18ClFN2. The van der Waals surface area contributed by atoms with E-state index in [4.69, 9.17) is 17.4 Å². The van der Waals surface area contributed by atoms with Crippen molar-refractivity contribution in [3.05, 3.63) is 70.0 Å². The molecule has 1 aliphatic rings. The molecular weight excluding hydrogens is 287 g/mol. The Balaban J connectivity index is 2.08. The van der Waals surface area contributed by atoms with Gasteiger partial charge in [-0.15, -0.1) is 0 Å². The van der Waals surface area contributed by atoms with Gasteiger partial charge in [-0.25, -0.2) is 9.82 Å². The van der Waals surface area contributed by atoms with Gasteiger partial charge in [0.25, 0.3) is 0 Å². The van der Waals surface area contributed by atoms with Gasteiger partial charge in [0.2, 0.25) is 0 Å². The molecule has 21 heavy (non-hydrogen) atoms. The summed E-state index contributed by atoms with van der Waals surface area (Å²) in [6.45, 7) is 0. The molecule has 1 atom stereocenters. The van der Waals surface area contributed by atoms with Crippen LogP contribution in [0.4, 0.5) is 4.39 Å². The molecule has 2 nitrogen and oxygen atoms in total. The molecule has 0 aliphatic heterocycles. The van der Waals surface area contributed by atoms with Crippen LogP contribution in [0.3, 0.4) is 0 Å². The number of nitrogens with one attached hydrogen (secondary N) is 1. The minimum atomic E-state index is -0.435. The van der Waals surface area contributed by atoms with Crippen molar-refractivity contribution in [2.75, 3.05) is 0 Å². The first-order valence-corrected chi connectivity index (χ1v) is 7.59. The number of hydrazine groups is 1. The Kier molecular flexibility index (Phi) is 4.24. The molecule has 0 bridgehead atoms. The standard InChI is InChI=1S/C17H18ClFN2/c18-14-9-4-10-15(19)16(14)17(21-20)13-8-2-1-7-12(13)11-5-3-6-11/h1-2,4,7-11,17,21H,3,5-6,20H2. The monoisotopic (exact) mass is 304 g/mol. The van der Waals surface area contributed by atoms with Gasteiger partial charge in [0.15, 0.2) is 0 Å². The lowest BCUT2D eigenvalue weighted by atomic mass is 9.76. The van der Waals surface area contributed by atoms with Gasteiger partial charge in [0.1, 0.15) is 5.82 Å². The minimum absolute atomic E-state index is 0.339. The first-order chi connectivity index (χ1) is 10.2. The van der Waals surface area contributed by atoms with Gasteiger partial charge in [-0.2, -0.15) is 0 Å². The molecule has 0 amide bonds. The molecule has 0 aromatic heterocycles. The summed E-state index contributed by atoms with van der Waals surface area (Å²) in [7, 11) is 0. The summed E-state index contributed by atoms with van der Waals surface area (Å²) in [5.41, 5.74) is 5.40. The lowest BCUT2D eigenvalue weighted by molar-refractivity contribution is 0.413. The summed E-state index contributed by atoms with van der Waals surface area (Å²) in [6.07, 6.45) is 3.61. The summed E-state index contributed by atoms with van der Waals surface area (Å²) in [6, 6.07) is 12.4. The van der Waals surface area contributed by atoms with Crippen molar-refractivity contribution in [2.24, 2.45) is 5.84 Å². The van der Waals surface area contributed by atoms with Crippen LogP contribution in [0.25, 0.3) is 0 Å². The van der Waals surface area contributed by atoms with E-state index in [9.17, 15) is 4.39 Å². The molecule has 0 radical (unpaired) electrons. The average molecular weight is 305 g/mol. The Morgan fingerprint density at radius 2 is 1.90 bits per heavy atom. The van der Waals surface area contributed by atoms with E-state index in [0.717, 1.165) is 5.56 Å². The fraction of sp³-hybridized carbons (Fsp3) is 0.294. The molecule has 2 aromatic rings. The molecule has 3 rings (SSSR count). The first-order valence-electron chi connectivity index (χ1n) is 7.21. The third kappa shape index (κ3) is 2.69. The van der Waals surface area contributed by atoms with E-state index in [1.807, 2.05) is 18.2 Å². The van der Waals surface area contributed by atoms with Crippen molar-refractivity contribution in [3.8, 4) is 0 Å². The molecule has 2 aromatic carbocycles. The molecule has 1 aliphatic carbocycles. The van der Waals surface area contributed by atoms with E-state index in [2.05, 4.69) is 11.5 Å². The summed E-state index contributed by atoms with van der Waals surface area (Å²) in [5.74, 6) is 5.93. The lowest BCUT2D eigenvalue weighted by Crippen LogP contribution is -2.31. The van der Waals surface area contributed by atoms with E-state index in [1.54, 1.807) is 12.1 Å². The predicted octanol–water partition coefficient (Wildman–Crippen LogP) is 4.30. The highest BCUT2D eigenvalue weighted by Gasteiger charge is 2.27. The Bertz CT molecular complexity index is 620. The molecule has 1 saturated carbocycles. The molecule has 1 unspecified atom stereocenters. The van der Waals surface area contributed by atoms with Crippen molar-refractivity contribution in [3.63, 3.8) is 0 Å². The van der Waals surface area contributed by atoms with Crippen molar-refractivity contribution < 1.29 is 4.39 Å². The van der Waals surface area contributed by atoms with Crippen LogP contribution in [0.2, 0.25) is 5.02 Å². The second kappa shape index (κ2) is 6.14. The van der Waals surface area contributed by atoms with E-state index in [-0.39, 0.29) is 5.82 Å². The molecule has 0 heterocycles. The quantitative estimate of drug-likeness (QED) is 0.653. The zero-order valence-electron chi connectivity index (χ0n) is 11.7. The van der Waals surface area contributed by atoms with Crippen LogP contribution < -0.4 is 11.3 Å². The molecule has 4 heteroatoms. The number of nitrogens with two attached hydrogens (primary N) is 1. The summed E-state index contributed by atoms with van der Waals surface area (Å²) >= 11 is 6.20. The fourth-order valence-corrected chi connectivity index (χ4v) is 3.25. The van der Waals surface area contributed by atoms with Crippen LogP contribution in [0.5, 0.6) is 0 Å². The molecule has 3 N–H and O–H groups in total. The number of benzene rings is 2.